The molecule has 0 aromatic heterocycles. The molecule has 0 bridgehead atoms. The van der Waals surface area contributed by atoms with Crippen molar-refractivity contribution in [1.82, 2.24) is 20.4 Å². The fourth-order valence-electron chi connectivity index (χ4n) is 2.51. The van der Waals surface area contributed by atoms with Crippen LogP contribution < -0.4 is 10.6 Å². The normalized spacial score (nSPS) is 20.5. The summed E-state index contributed by atoms with van der Waals surface area (Å²) >= 11 is 0. The van der Waals surface area contributed by atoms with E-state index in [-0.39, 0.29) is 5.97 Å². The molecule has 1 saturated heterocycles. The van der Waals surface area contributed by atoms with Crippen LogP contribution in [0.4, 0.5) is 0 Å². The van der Waals surface area contributed by atoms with Crippen LogP contribution in [-0.4, -0.2) is 87.8 Å². The van der Waals surface area contributed by atoms with E-state index in [4.69, 9.17) is 4.74 Å². The maximum Gasteiger partial charge on any atom is 0.320 e. The van der Waals surface area contributed by atoms with E-state index in [2.05, 4.69) is 27.4 Å². The molecule has 2 N–H and O–H groups in total. The Labute approximate surface area is 129 Å². The van der Waals surface area contributed by atoms with Gasteiger partial charge in [-0.25, -0.2) is 0 Å². The van der Waals surface area contributed by atoms with Crippen LogP contribution in [0.15, 0.2) is 0 Å². The fourth-order valence-corrected chi connectivity index (χ4v) is 2.51. The van der Waals surface area contributed by atoms with Crippen LogP contribution in [0.2, 0.25) is 0 Å². The molecule has 124 valence electrons. The van der Waals surface area contributed by atoms with Gasteiger partial charge in [0.15, 0.2) is 0 Å². The van der Waals surface area contributed by atoms with Gasteiger partial charge in [0.05, 0.1) is 13.2 Å². The minimum atomic E-state index is -0.126. The third-order valence-electron chi connectivity index (χ3n) is 3.62. The number of nitrogens with one attached hydrogen (secondary N) is 2. The minimum Gasteiger partial charge on any atom is -0.465 e. The standard InChI is InChI=1S/C15H32N4O2/c1-3-9-18-10-5-16-7-12-19(13-8-17-6-11-18)14-15(20)21-4-2/h16-17H,3-14H2,1-2H3. The monoisotopic (exact) mass is 300 g/mol. The van der Waals surface area contributed by atoms with Gasteiger partial charge in [-0.1, -0.05) is 6.92 Å². The van der Waals surface area contributed by atoms with Crippen molar-refractivity contribution >= 4 is 5.97 Å². The van der Waals surface area contributed by atoms with E-state index in [9.17, 15) is 4.79 Å². The SMILES string of the molecule is CCCN1CCNCCN(CC(=O)OCC)CCNCC1. The molecule has 21 heavy (non-hydrogen) atoms. The third-order valence-corrected chi connectivity index (χ3v) is 3.62. The predicted octanol–water partition coefficient (Wildman–Crippen LogP) is -0.244. The average Bonchev–Trinajstić information content (AvgIpc) is 2.44. The lowest BCUT2D eigenvalue weighted by Gasteiger charge is -2.26. The smallest absolute Gasteiger partial charge is 0.320 e. The van der Waals surface area contributed by atoms with Crippen molar-refractivity contribution in [2.24, 2.45) is 0 Å². The summed E-state index contributed by atoms with van der Waals surface area (Å²) < 4.78 is 5.03. The lowest BCUT2D eigenvalue weighted by molar-refractivity contribution is -0.144. The Morgan fingerprint density at radius 3 is 1.95 bits per heavy atom. The van der Waals surface area contributed by atoms with Gasteiger partial charge in [0.25, 0.3) is 0 Å². The number of esters is 1. The number of nitrogens with zero attached hydrogens (tertiary/aromatic N) is 2. The summed E-state index contributed by atoms with van der Waals surface area (Å²) in [6.07, 6.45) is 1.20. The van der Waals surface area contributed by atoms with Crippen molar-refractivity contribution in [3.05, 3.63) is 0 Å². The summed E-state index contributed by atoms with van der Waals surface area (Å²) in [7, 11) is 0. The first kappa shape index (κ1) is 18.4. The fraction of sp³-hybridized carbons (Fsp3) is 0.933. The molecule has 0 saturated carbocycles. The molecule has 0 aromatic rings. The summed E-state index contributed by atoms with van der Waals surface area (Å²) in [5.74, 6) is -0.126. The van der Waals surface area contributed by atoms with Gasteiger partial charge in [0.1, 0.15) is 0 Å². The Hall–Kier alpha value is -0.690. The van der Waals surface area contributed by atoms with Gasteiger partial charge in [0.2, 0.25) is 0 Å². The number of carbonyl (C=O) groups excluding carboxylic acids is 1. The number of hydrogen-bond acceptors (Lipinski definition) is 6. The first-order valence-corrected chi connectivity index (χ1v) is 8.28. The number of carbonyl (C=O) groups is 1. The van der Waals surface area contributed by atoms with Crippen LogP contribution in [0.3, 0.4) is 0 Å². The average molecular weight is 300 g/mol. The maximum absolute atomic E-state index is 11.6. The molecule has 1 aliphatic heterocycles. The molecular formula is C15H32N4O2. The topological polar surface area (TPSA) is 56.8 Å². The van der Waals surface area contributed by atoms with E-state index in [1.807, 2.05) is 6.92 Å². The second-order valence-electron chi connectivity index (χ2n) is 5.42. The van der Waals surface area contributed by atoms with Gasteiger partial charge in [-0.3, -0.25) is 9.69 Å². The largest absolute Gasteiger partial charge is 0.465 e. The number of hydrogen-bond donors (Lipinski definition) is 2. The molecule has 1 fully saturated rings. The molecule has 6 heteroatoms. The molecule has 0 spiro atoms. The molecule has 0 unspecified atom stereocenters. The van der Waals surface area contributed by atoms with Crippen LogP contribution >= 0.6 is 0 Å². The molecule has 1 aliphatic rings. The van der Waals surface area contributed by atoms with E-state index in [1.165, 1.54) is 13.0 Å². The predicted molar refractivity (Wildman–Crippen MR) is 85.5 cm³/mol. The van der Waals surface area contributed by atoms with E-state index >= 15 is 0 Å². The third kappa shape index (κ3) is 9.03. The van der Waals surface area contributed by atoms with E-state index in [0.717, 1.165) is 52.4 Å². The van der Waals surface area contributed by atoms with Crippen molar-refractivity contribution in [3.63, 3.8) is 0 Å². The summed E-state index contributed by atoms with van der Waals surface area (Å²) in [6.45, 7) is 13.9. The molecule has 0 aromatic carbocycles. The molecule has 6 nitrogen and oxygen atoms in total. The highest BCUT2D eigenvalue weighted by Gasteiger charge is 2.12. The first-order chi connectivity index (χ1) is 10.3. The Balaban J connectivity index is 2.34. The Bertz CT molecular complexity index is 262. The summed E-state index contributed by atoms with van der Waals surface area (Å²) in [5.41, 5.74) is 0. The van der Waals surface area contributed by atoms with Gasteiger partial charge < -0.3 is 20.3 Å². The van der Waals surface area contributed by atoms with Crippen LogP contribution in [0.25, 0.3) is 0 Å². The van der Waals surface area contributed by atoms with Crippen molar-refractivity contribution in [1.29, 1.82) is 0 Å². The molecule has 0 radical (unpaired) electrons. The number of rotatable bonds is 5. The van der Waals surface area contributed by atoms with Crippen LogP contribution in [0.5, 0.6) is 0 Å². The Kier molecular flexibility index (Phi) is 10.4. The zero-order valence-corrected chi connectivity index (χ0v) is 13.7. The zero-order valence-electron chi connectivity index (χ0n) is 13.7. The van der Waals surface area contributed by atoms with Crippen LogP contribution in [-0.2, 0) is 9.53 Å². The van der Waals surface area contributed by atoms with Gasteiger partial charge in [-0.2, -0.15) is 0 Å². The lowest BCUT2D eigenvalue weighted by atomic mass is 10.3. The highest BCUT2D eigenvalue weighted by atomic mass is 16.5. The molecule has 0 amide bonds. The summed E-state index contributed by atoms with van der Waals surface area (Å²) in [5, 5.41) is 6.94. The maximum atomic E-state index is 11.6. The van der Waals surface area contributed by atoms with E-state index in [1.54, 1.807) is 0 Å². The highest BCUT2D eigenvalue weighted by Crippen LogP contribution is 1.93. The van der Waals surface area contributed by atoms with Crippen LogP contribution in [0, 0.1) is 0 Å². The van der Waals surface area contributed by atoms with Crippen molar-refractivity contribution in [2.75, 3.05) is 72.1 Å². The van der Waals surface area contributed by atoms with Gasteiger partial charge in [-0.15, -0.1) is 0 Å². The number of ether oxygens (including phenoxy) is 1. The van der Waals surface area contributed by atoms with E-state index in [0.29, 0.717) is 13.2 Å². The van der Waals surface area contributed by atoms with Crippen LogP contribution in [0.1, 0.15) is 20.3 Å². The molecule has 0 aliphatic carbocycles. The van der Waals surface area contributed by atoms with Gasteiger partial charge >= 0.3 is 5.97 Å². The Morgan fingerprint density at radius 1 is 0.952 bits per heavy atom. The van der Waals surface area contributed by atoms with Crippen molar-refractivity contribution < 1.29 is 9.53 Å². The van der Waals surface area contributed by atoms with Crippen molar-refractivity contribution in [2.45, 2.75) is 20.3 Å². The highest BCUT2D eigenvalue weighted by molar-refractivity contribution is 5.71. The van der Waals surface area contributed by atoms with E-state index < -0.39 is 0 Å². The Morgan fingerprint density at radius 2 is 1.48 bits per heavy atom. The summed E-state index contributed by atoms with van der Waals surface area (Å²) in [4.78, 5) is 16.2. The lowest BCUT2D eigenvalue weighted by Crippen LogP contribution is -2.44. The molecular weight excluding hydrogens is 268 g/mol. The van der Waals surface area contributed by atoms with Crippen molar-refractivity contribution in [3.8, 4) is 0 Å². The second-order valence-corrected chi connectivity index (χ2v) is 5.42. The van der Waals surface area contributed by atoms with Gasteiger partial charge in [0, 0.05) is 52.4 Å². The summed E-state index contributed by atoms with van der Waals surface area (Å²) in [6, 6.07) is 0. The minimum absolute atomic E-state index is 0.126. The first-order valence-electron chi connectivity index (χ1n) is 8.28. The zero-order chi connectivity index (χ0) is 15.3. The quantitative estimate of drug-likeness (QED) is 0.683. The molecule has 0 atom stereocenters. The second kappa shape index (κ2) is 11.9. The molecule has 1 heterocycles. The van der Waals surface area contributed by atoms with Gasteiger partial charge in [-0.05, 0) is 19.9 Å². The molecule has 1 rings (SSSR count).